The quantitative estimate of drug-likeness (QED) is 0.884. The van der Waals surface area contributed by atoms with Crippen LogP contribution in [0.4, 0.5) is 10.5 Å². The molecule has 0 unspecified atom stereocenters. The van der Waals surface area contributed by atoms with Crippen LogP contribution in [0.5, 0.6) is 0 Å². The highest BCUT2D eigenvalue weighted by atomic mass is 35.5. The first-order valence-corrected chi connectivity index (χ1v) is 5.96. The van der Waals surface area contributed by atoms with Crippen molar-refractivity contribution in [3.63, 3.8) is 0 Å². The van der Waals surface area contributed by atoms with Crippen LogP contribution in [0.25, 0.3) is 0 Å². The Kier molecular flexibility index (Phi) is 3.72. The first kappa shape index (κ1) is 12.7. The molecule has 2 N–H and O–H groups in total. The number of hydrogen-bond donors (Lipinski definition) is 2. The number of rotatable bonds is 3. The topological polar surface area (TPSA) is 69.6 Å². The molecule has 1 saturated heterocycles. The van der Waals surface area contributed by atoms with Crippen molar-refractivity contribution in [3.05, 3.63) is 29.3 Å². The summed E-state index contributed by atoms with van der Waals surface area (Å²) in [5.74, 6) is -0.773. The maximum atomic E-state index is 11.8. The van der Waals surface area contributed by atoms with E-state index in [1.165, 1.54) is 0 Å². The highest BCUT2D eigenvalue weighted by Gasteiger charge is 2.32. The van der Waals surface area contributed by atoms with Gasteiger partial charge in [0.25, 0.3) is 0 Å². The van der Waals surface area contributed by atoms with Gasteiger partial charge in [-0.2, -0.15) is 0 Å². The lowest BCUT2D eigenvalue weighted by atomic mass is 9.97. The van der Waals surface area contributed by atoms with Crippen molar-refractivity contribution >= 4 is 29.3 Å². The normalized spacial score (nSPS) is 15.1. The maximum Gasteiger partial charge on any atom is 0.321 e. The van der Waals surface area contributed by atoms with Gasteiger partial charge in [0.05, 0.1) is 17.1 Å². The van der Waals surface area contributed by atoms with Crippen LogP contribution < -0.4 is 5.32 Å². The van der Waals surface area contributed by atoms with Gasteiger partial charge >= 0.3 is 12.0 Å². The number of carbonyl (C=O) groups excluding carboxylic acids is 1. The van der Waals surface area contributed by atoms with Crippen LogP contribution >= 0.6 is 11.6 Å². The fourth-order valence-electron chi connectivity index (χ4n) is 1.87. The molecule has 2 rings (SSSR count). The van der Waals surface area contributed by atoms with E-state index >= 15 is 0 Å². The number of amides is 2. The van der Waals surface area contributed by atoms with Gasteiger partial charge in [-0.15, -0.1) is 0 Å². The fraction of sp³-hybridized carbons (Fsp3) is 0.333. The SMILES string of the molecule is O=C(O)CC1CN(C(=O)Nc2ccccc2Cl)C1. The summed E-state index contributed by atoms with van der Waals surface area (Å²) in [6.45, 7) is 0.950. The van der Waals surface area contributed by atoms with E-state index in [2.05, 4.69) is 5.32 Å². The van der Waals surface area contributed by atoms with Gasteiger partial charge in [0.1, 0.15) is 0 Å². The average molecular weight is 269 g/mol. The van der Waals surface area contributed by atoms with Crippen LogP contribution in [-0.2, 0) is 4.79 Å². The summed E-state index contributed by atoms with van der Waals surface area (Å²) in [7, 11) is 0. The third kappa shape index (κ3) is 2.92. The number of carboxylic acids is 1. The summed E-state index contributed by atoms with van der Waals surface area (Å²) in [5, 5.41) is 11.8. The highest BCUT2D eigenvalue weighted by Crippen LogP contribution is 2.23. The monoisotopic (exact) mass is 268 g/mol. The van der Waals surface area contributed by atoms with E-state index in [1.807, 2.05) is 0 Å². The summed E-state index contributed by atoms with van der Waals surface area (Å²) in [6, 6.07) is 6.73. The van der Waals surface area contributed by atoms with Crippen molar-refractivity contribution < 1.29 is 14.7 Å². The van der Waals surface area contributed by atoms with Crippen LogP contribution in [0.1, 0.15) is 6.42 Å². The number of likely N-dealkylation sites (tertiary alicyclic amines) is 1. The molecule has 1 aliphatic heterocycles. The highest BCUT2D eigenvalue weighted by molar-refractivity contribution is 6.33. The lowest BCUT2D eigenvalue weighted by Crippen LogP contribution is -2.52. The Morgan fingerprint density at radius 1 is 1.39 bits per heavy atom. The molecule has 0 aliphatic carbocycles. The van der Waals surface area contributed by atoms with Crippen molar-refractivity contribution in [2.24, 2.45) is 5.92 Å². The number of para-hydroxylation sites is 1. The molecule has 0 bridgehead atoms. The van der Waals surface area contributed by atoms with Crippen LogP contribution in [0, 0.1) is 5.92 Å². The van der Waals surface area contributed by atoms with Crippen molar-refractivity contribution in [3.8, 4) is 0 Å². The third-order valence-electron chi connectivity index (χ3n) is 2.82. The minimum Gasteiger partial charge on any atom is -0.481 e. The number of carbonyl (C=O) groups is 2. The summed E-state index contributed by atoms with van der Waals surface area (Å²) >= 11 is 5.92. The van der Waals surface area contributed by atoms with Crippen LogP contribution in [0.2, 0.25) is 5.02 Å². The lowest BCUT2D eigenvalue weighted by molar-refractivity contribution is -0.139. The number of aliphatic carboxylic acids is 1. The van der Waals surface area contributed by atoms with Gasteiger partial charge < -0.3 is 15.3 Å². The molecular weight excluding hydrogens is 256 g/mol. The van der Waals surface area contributed by atoms with Crippen molar-refractivity contribution in [1.29, 1.82) is 0 Å². The molecular formula is C12H13ClN2O3. The zero-order valence-corrected chi connectivity index (χ0v) is 10.4. The van der Waals surface area contributed by atoms with Gasteiger partial charge in [-0.3, -0.25) is 4.79 Å². The molecule has 18 heavy (non-hydrogen) atoms. The van der Waals surface area contributed by atoms with Crippen LogP contribution in [-0.4, -0.2) is 35.1 Å². The minimum absolute atomic E-state index is 0.0551. The fourth-order valence-corrected chi connectivity index (χ4v) is 2.05. The second-order valence-electron chi connectivity index (χ2n) is 4.28. The number of halogens is 1. The van der Waals surface area contributed by atoms with E-state index in [0.29, 0.717) is 23.8 Å². The predicted molar refractivity (Wildman–Crippen MR) is 67.8 cm³/mol. The molecule has 0 atom stereocenters. The summed E-state index contributed by atoms with van der Waals surface area (Å²) < 4.78 is 0. The van der Waals surface area contributed by atoms with Crippen LogP contribution in [0.3, 0.4) is 0 Å². The number of nitrogens with one attached hydrogen (secondary N) is 1. The number of nitrogens with zero attached hydrogens (tertiary/aromatic N) is 1. The van der Waals surface area contributed by atoms with E-state index in [0.717, 1.165) is 0 Å². The molecule has 1 aromatic rings. The minimum atomic E-state index is -0.828. The summed E-state index contributed by atoms with van der Waals surface area (Å²) in [5.41, 5.74) is 0.561. The molecule has 1 aromatic carbocycles. The molecule has 1 fully saturated rings. The molecule has 0 saturated carbocycles. The zero-order valence-electron chi connectivity index (χ0n) is 9.60. The Bertz CT molecular complexity index is 472. The van der Waals surface area contributed by atoms with Gasteiger partial charge in [-0.05, 0) is 12.1 Å². The Hall–Kier alpha value is -1.75. The zero-order chi connectivity index (χ0) is 13.1. The average Bonchev–Trinajstić information content (AvgIpc) is 2.25. The van der Waals surface area contributed by atoms with Gasteiger partial charge in [-0.1, -0.05) is 23.7 Å². The van der Waals surface area contributed by atoms with Gasteiger partial charge in [0, 0.05) is 19.0 Å². The first-order valence-electron chi connectivity index (χ1n) is 5.58. The van der Waals surface area contributed by atoms with Crippen LogP contribution in [0.15, 0.2) is 24.3 Å². The smallest absolute Gasteiger partial charge is 0.321 e. The Morgan fingerprint density at radius 3 is 2.67 bits per heavy atom. The van der Waals surface area contributed by atoms with Gasteiger partial charge in [0.2, 0.25) is 0 Å². The van der Waals surface area contributed by atoms with Crippen molar-refractivity contribution in [2.75, 3.05) is 18.4 Å². The Labute approximate surface area is 109 Å². The molecule has 96 valence electrons. The molecule has 0 radical (unpaired) electrons. The van der Waals surface area contributed by atoms with E-state index in [-0.39, 0.29) is 18.4 Å². The standard InChI is InChI=1S/C12H13ClN2O3/c13-9-3-1-2-4-10(9)14-12(18)15-6-8(7-15)5-11(16)17/h1-4,8H,5-7H2,(H,14,18)(H,16,17). The number of benzene rings is 1. The number of urea groups is 1. The number of anilines is 1. The predicted octanol–water partition coefficient (Wildman–Crippen LogP) is 2.28. The number of carboxylic acid groups (broad SMARTS) is 1. The van der Waals surface area contributed by atoms with Crippen molar-refractivity contribution in [1.82, 2.24) is 4.90 Å². The number of hydrogen-bond acceptors (Lipinski definition) is 2. The lowest BCUT2D eigenvalue weighted by Gasteiger charge is -2.38. The van der Waals surface area contributed by atoms with Gasteiger partial charge in [0.15, 0.2) is 0 Å². The molecule has 1 aliphatic rings. The second-order valence-corrected chi connectivity index (χ2v) is 4.69. The van der Waals surface area contributed by atoms with E-state index in [9.17, 15) is 9.59 Å². The summed E-state index contributed by atoms with van der Waals surface area (Å²) in [6.07, 6.45) is 0.107. The second kappa shape index (κ2) is 5.27. The Morgan fingerprint density at radius 2 is 2.06 bits per heavy atom. The van der Waals surface area contributed by atoms with E-state index in [1.54, 1.807) is 29.2 Å². The molecule has 5 nitrogen and oxygen atoms in total. The largest absolute Gasteiger partial charge is 0.481 e. The van der Waals surface area contributed by atoms with Gasteiger partial charge in [-0.25, -0.2) is 4.79 Å². The molecule has 0 aromatic heterocycles. The molecule has 6 heteroatoms. The summed E-state index contributed by atoms with van der Waals surface area (Å²) in [4.78, 5) is 23.8. The molecule has 0 spiro atoms. The molecule has 1 heterocycles. The first-order chi connectivity index (χ1) is 8.56. The van der Waals surface area contributed by atoms with Crippen molar-refractivity contribution in [2.45, 2.75) is 6.42 Å². The third-order valence-corrected chi connectivity index (χ3v) is 3.15. The molecule has 2 amide bonds. The maximum absolute atomic E-state index is 11.8. The Balaban J connectivity index is 1.84. The van der Waals surface area contributed by atoms with E-state index in [4.69, 9.17) is 16.7 Å². The van der Waals surface area contributed by atoms with E-state index < -0.39 is 5.97 Å².